The van der Waals surface area contributed by atoms with Crippen molar-refractivity contribution >= 4 is 18.0 Å². The third-order valence-corrected chi connectivity index (χ3v) is 7.61. The summed E-state index contributed by atoms with van der Waals surface area (Å²) in [5.74, 6) is 0.170. The van der Waals surface area contributed by atoms with Crippen LogP contribution < -0.4 is 10.6 Å². The smallest absolute Gasteiger partial charge is 0.407 e. The highest BCUT2D eigenvalue weighted by Gasteiger charge is 2.29. The molecule has 44 heavy (non-hydrogen) atoms. The summed E-state index contributed by atoms with van der Waals surface area (Å²) < 4.78 is 10.5. The molecule has 10 nitrogen and oxygen atoms in total. The SMILES string of the molecule is CCOC(=O)c1cc(-c2c[nH]c([C@H](Cc3ccccc3)NC(=O)C3CCC(CNC(=O)OC(C)(C)C)CC3)n2)ccc1C#N. The van der Waals surface area contributed by atoms with Crippen molar-refractivity contribution in [3.8, 4) is 17.3 Å². The summed E-state index contributed by atoms with van der Waals surface area (Å²) in [5, 5.41) is 15.6. The Morgan fingerprint density at radius 1 is 1.09 bits per heavy atom. The predicted molar refractivity (Wildman–Crippen MR) is 165 cm³/mol. The number of alkyl carbamates (subject to hydrolysis) is 1. The molecule has 3 aromatic rings. The van der Waals surface area contributed by atoms with Crippen LogP contribution in [0.2, 0.25) is 0 Å². The van der Waals surface area contributed by atoms with Crippen LogP contribution in [0.5, 0.6) is 0 Å². The minimum Gasteiger partial charge on any atom is -0.462 e. The first-order valence-corrected chi connectivity index (χ1v) is 15.1. The monoisotopic (exact) mass is 599 g/mol. The molecule has 1 saturated carbocycles. The van der Waals surface area contributed by atoms with E-state index in [4.69, 9.17) is 14.5 Å². The van der Waals surface area contributed by atoms with Crippen LogP contribution >= 0.6 is 0 Å². The number of carbonyl (C=O) groups excluding carboxylic acids is 3. The van der Waals surface area contributed by atoms with Crippen molar-refractivity contribution in [1.82, 2.24) is 20.6 Å². The molecule has 0 spiro atoms. The van der Waals surface area contributed by atoms with E-state index in [1.54, 1.807) is 31.3 Å². The lowest BCUT2D eigenvalue weighted by Gasteiger charge is -2.29. The van der Waals surface area contributed by atoms with Crippen LogP contribution in [0.25, 0.3) is 11.3 Å². The number of amides is 2. The Morgan fingerprint density at radius 2 is 1.82 bits per heavy atom. The van der Waals surface area contributed by atoms with Gasteiger partial charge in [-0.1, -0.05) is 36.4 Å². The number of imidazole rings is 1. The van der Waals surface area contributed by atoms with Crippen molar-refractivity contribution < 1.29 is 23.9 Å². The van der Waals surface area contributed by atoms with Gasteiger partial charge in [-0.15, -0.1) is 0 Å². The van der Waals surface area contributed by atoms with Crippen molar-refractivity contribution in [3.63, 3.8) is 0 Å². The molecule has 1 heterocycles. The lowest BCUT2D eigenvalue weighted by atomic mass is 9.81. The molecule has 0 bridgehead atoms. The van der Waals surface area contributed by atoms with Gasteiger partial charge < -0.3 is 25.1 Å². The third kappa shape index (κ3) is 8.93. The van der Waals surface area contributed by atoms with Gasteiger partial charge in [0.1, 0.15) is 17.5 Å². The number of ether oxygens (including phenoxy) is 2. The second-order valence-electron chi connectivity index (χ2n) is 12.1. The molecule has 0 aliphatic heterocycles. The second-order valence-corrected chi connectivity index (χ2v) is 12.1. The maximum atomic E-state index is 13.5. The molecule has 1 aromatic heterocycles. The average Bonchev–Trinajstić information content (AvgIpc) is 3.50. The number of rotatable bonds is 10. The van der Waals surface area contributed by atoms with Gasteiger partial charge in [0, 0.05) is 24.2 Å². The highest BCUT2D eigenvalue weighted by atomic mass is 16.6. The molecule has 1 fully saturated rings. The Hall–Kier alpha value is -4.65. The van der Waals surface area contributed by atoms with Crippen molar-refractivity contribution in [2.75, 3.05) is 13.2 Å². The molecule has 1 aliphatic carbocycles. The number of H-pyrrole nitrogens is 1. The largest absolute Gasteiger partial charge is 0.462 e. The lowest BCUT2D eigenvalue weighted by Crippen LogP contribution is -2.39. The van der Waals surface area contributed by atoms with Gasteiger partial charge in [0.25, 0.3) is 0 Å². The Labute approximate surface area is 258 Å². The fraction of sp³-hybridized carbons (Fsp3) is 0.441. The van der Waals surface area contributed by atoms with Crippen LogP contribution in [-0.4, -0.2) is 46.7 Å². The van der Waals surface area contributed by atoms with E-state index in [9.17, 15) is 19.6 Å². The van der Waals surface area contributed by atoms with Crippen LogP contribution in [0, 0.1) is 23.2 Å². The van der Waals surface area contributed by atoms with E-state index in [-0.39, 0.29) is 29.6 Å². The second kappa shape index (κ2) is 14.7. The number of aromatic nitrogens is 2. The van der Waals surface area contributed by atoms with Crippen molar-refractivity contribution in [3.05, 3.63) is 77.2 Å². The number of benzene rings is 2. The van der Waals surface area contributed by atoms with Crippen LogP contribution in [0.15, 0.2) is 54.7 Å². The molecule has 0 unspecified atom stereocenters. The standard InChI is InChI=1S/C34H41N5O5/c1-5-43-32(41)27-18-25(15-16-26(27)19-35)29-21-36-30(38-29)28(17-22-9-7-6-8-10-22)39-31(40)24-13-11-23(12-14-24)20-37-33(42)44-34(2,3)4/h6-10,15-16,18,21,23-24,28H,5,11-14,17,20H2,1-4H3,(H,36,38)(H,37,42)(H,39,40)/t23?,24?,28-/m0/s1. The van der Waals surface area contributed by atoms with Gasteiger partial charge in [-0.25, -0.2) is 14.6 Å². The number of carbonyl (C=O) groups is 3. The summed E-state index contributed by atoms with van der Waals surface area (Å²) in [6, 6.07) is 16.5. The Balaban J connectivity index is 1.45. The van der Waals surface area contributed by atoms with Crippen molar-refractivity contribution in [2.24, 2.45) is 11.8 Å². The van der Waals surface area contributed by atoms with E-state index >= 15 is 0 Å². The lowest BCUT2D eigenvalue weighted by molar-refractivity contribution is -0.127. The Bertz CT molecular complexity index is 1480. The number of nitriles is 1. The van der Waals surface area contributed by atoms with Crippen LogP contribution in [0.4, 0.5) is 4.79 Å². The zero-order valence-corrected chi connectivity index (χ0v) is 25.8. The summed E-state index contributed by atoms with van der Waals surface area (Å²) in [4.78, 5) is 46.0. The summed E-state index contributed by atoms with van der Waals surface area (Å²) in [7, 11) is 0. The molecule has 0 radical (unpaired) electrons. The molecule has 0 saturated heterocycles. The van der Waals surface area contributed by atoms with E-state index in [2.05, 4.69) is 15.6 Å². The van der Waals surface area contributed by atoms with Crippen molar-refractivity contribution in [1.29, 1.82) is 5.26 Å². The first kappa shape index (κ1) is 32.3. The minimum absolute atomic E-state index is 0.0228. The Kier molecular flexibility index (Phi) is 10.8. The fourth-order valence-corrected chi connectivity index (χ4v) is 5.37. The van der Waals surface area contributed by atoms with Gasteiger partial charge in [0.05, 0.1) is 29.5 Å². The maximum Gasteiger partial charge on any atom is 0.407 e. The molecule has 232 valence electrons. The molecular formula is C34H41N5O5. The number of nitrogens with one attached hydrogen (secondary N) is 3. The van der Waals surface area contributed by atoms with Gasteiger partial charge >= 0.3 is 12.1 Å². The molecule has 10 heteroatoms. The summed E-state index contributed by atoms with van der Waals surface area (Å²) in [6.45, 7) is 7.94. The molecule has 1 aliphatic rings. The van der Waals surface area contributed by atoms with Crippen molar-refractivity contribution in [2.45, 2.75) is 71.4 Å². The zero-order valence-electron chi connectivity index (χ0n) is 25.8. The normalized spacial score (nSPS) is 17.2. The number of hydrogen-bond donors (Lipinski definition) is 3. The van der Waals surface area contributed by atoms with Crippen LogP contribution in [0.3, 0.4) is 0 Å². The summed E-state index contributed by atoms with van der Waals surface area (Å²) >= 11 is 0. The molecule has 3 N–H and O–H groups in total. The number of hydrogen-bond acceptors (Lipinski definition) is 7. The molecule has 2 amide bonds. The highest BCUT2D eigenvalue weighted by molar-refractivity contribution is 5.93. The zero-order chi connectivity index (χ0) is 31.7. The van der Waals surface area contributed by atoms with Gasteiger partial charge in [0.2, 0.25) is 5.91 Å². The number of aromatic amines is 1. The predicted octanol–water partition coefficient (Wildman–Crippen LogP) is 5.86. The van der Waals surface area contributed by atoms with E-state index < -0.39 is 23.7 Å². The first-order valence-electron chi connectivity index (χ1n) is 15.1. The number of esters is 1. The van der Waals surface area contributed by atoms with E-state index in [0.717, 1.165) is 31.2 Å². The topological polar surface area (TPSA) is 146 Å². The summed E-state index contributed by atoms with van der Waals surface area (Å²) in [5.41, 5.74) is 2.15. The first-order chi connectivity index (χ1) is 21.1. The third-order valence-electron chi connectivity index (χ3n) is 7.61. The fourth-order valence-electron chi connectivity index (χ4n) is 5.37. The summed E-state index contributed by atoms with van der Waals surface area (Å²) in [6.07, 6.45) is 4.99. The minimum atomic E-state index is -0.564. The number of nitrogens with zero attached hydrogens (tertiary/aromatic N) is 2. The van der Waals surface area contributed by atoms with Crippen LogP contribution in [-0.2, 0) is 20.7 Å². The Morgan fingerprint density at radius 3 is 2.48 bits per heavy atom. The quantitative estimate of drug-likeness (QED) is 0.248. The molecule has 1 atom stereocenters. The van der Waals surface area contributed by atoms with Gasteiger partial charge in [-0.3, -0.25) is 4.79 Å². The van der Waals surface area contributed by atoms with E-state index in [1.807, 2.05) is 57.2 Å². The van der Waals surface area contributed by atoms with Gasteiger partial charge in [-0.2, -0.15) is 5.26 Å². The van der Waals surface area contributed by atoms with E-state index in [0.29, 0.717) is 36.0 Å². The molecule has 4 rings (SSSR count). The average molecular weight is 600 g/mol. The molecular weight excluding hydrogens is 558 g/mol. The maximum absolute atomic E-state index is 13.5. The highest BCUT2D eigenvalue weighted by Crippen LogP contribution is 2.30. The van der Waals surface area contributed by atoms with Gasteiger partial charge in [-0.05, 0) is 83.4 Å². The van der Waals surface area contributed by atoms with Crippen LogP contribution in [0.1, 0.15) is 86.7 Å². The van der Waals surface area contributed by atoms with Gasteiger partial charge in [0.15, 0.2) is 0 Å². The molecule has 2 aromatic carbocycles. The van der Waals surface area contributed by atoms with E-state index in [1.165, 1.54) is 0 Å².